The third-order valence-electron chi connectivity index (χ3n) is 9.52. The molecule has 0 radical (unpaired) electrons. The van der Waals surface area contributed by atoms with E-state index >= 15 is 0 Å². The highest BCUT2D eigenvalue weighted by Crippen LogP contribution is 2.32. The Morgan fingerprint density at radius 3 is 2.38 bits per heavy atom. The van der Waals surface area contributed by atoms with Crippen LogP contribution in [0.15, 0.2) is 127 Å². The van der Waals surface area contributed by atoms with Crippen molar-refractivity contribution in [3.8, 4) is 5.75 Å². The molecule has 4 amide bonds. The number of carbonyl (C=O) groups is 3. The maximum Gasteiger partial charge on any atom is 0.334 e. The topological polar surface area (TPSA) is 136 Å². The number of phenols is 1. The van der Waals surface area contributed by atoms with Gasteiger partial charge in [0, 0.05) is 42.7 Å². The van der Waals surface area contributed by atoms with E-state index in [1.165, 1.54) is 56.5 Å². The predicted molar refractivity (Wildman–Crippen MR) is 200 cm³/mol. The summed E-state index contributed by atoms with van der Waals surface area (Å²) >= 11 is 6.05. The zero-order valence-electron chi connectivity index (χ0n) is 28.6. The maximum atomic E-state index is 14.6. The Morgan fingerprint density at radius 2 is 1.66 bits per heavy atom. The Bertz CT molecular complexity index is 2280. The van der Waals surface area contributed by atoms with E-state index in [2.05, 4.69) is 11.9 Å². The molecule has 2 aliphatic rings. The lowest BCUT2D eigenvalue weighted by molar-refractivity contribution is -0.189. The number of rotatable bonds is 10. The van der Waals surface area contributed by atoms with Crippen LogP contribution in [0.1, 0.15) is 16.7 Å². The minimum absolute atomic E-state index is 0.0120. The highest BCUT2D eigenvalue weighted by molar-refractivity contribution is 7.90. The molecule has 14 heteroatoms. The average Bonchev–Trinajstić information content (AvgIpc) is 3.60. The van der Waals surface area contributed by atoms with Gasteiger partial charge in [0.15, 0.2) is 0 Å². The summed E-state index contributed by atoms with van der Waals surface area (Å²) in [6, 6.07) is 27.3. The van der Waals surface area contributed by atoms with Crippen LogP contribution < -0.4 is 5.32 Å². The van der Waals surface area contributed by atoms with Gasteiger partial charge >= 0.3 is 6.03 Å². The van der Waals surface area contributed by atoms with Crippen molar-refractivity contribution in [2.45, 2.75) is 36.6 Å². The number of hydrogen-bond donors (Lipinski definition) is 2. The van der Waals surface area contributed by atoms with E-state index in [9.17, 15) is 27.9 Å². The van der Waals surface area contributed by atoms with Gasteiger partial charge in [0.05, 0.1) is 23.5 Å². The number of urea groups is 1. The van der Waals surface area contributed by atoms with Gasteiger partial charge in [-0.1, -0.05) is 78.3 Å². The molecule has 2 saturated heterocycles. The van der Waals surface area contributed by atoms with Crippen LogP contribution in [0.4, 0.5) is 4.79 Å². The van der Waals surface area contributed by atoms with Gasteiger partial charge in [-0.3, -0.25) is 9.59 Å². The summed E-state index contributed by atoms with van der Waals surface area (Å²) in [5.74, 6) is -0.630. The molecule has 0 spiro atoms. The molecule has 4 aromatic carbocycles. The third kappa shape index (κ3) is 7.10. The summed E-state index contributed by atoms with van der Waals surface area (Å²) in [5, 5.41) is 17.1. The lowest BCUT2D eigenvalue weighted by Crippen LogP contribution is -2.76. The summed E-state index contributed by atoms with van der Waals surface area (Å²) in [6.45, 7) is 4.05. The van der Waals surface area contributed by atoms with Crippen molar-refractivity contribution in [2.75, 3.05) is 19.6 Å². The largest absolute Gasteiger partial charge is 0.508 e. The molecule has 1 unspecified atom stereocenters. The van der Waals surface area contributed by atoms with Gasteiger partial charge in [0.25, 0.3) is 10.0 Å². The number of aromatic hydroxyl groups is 1. The number of para-hydroxylation sites is 1. The molecule has 1 aromatic heterocycles. The Hall–Kier alpha value is -5.63. The summed E-state index contributed by atoms with van der Waals surface area (Å²) in [4.78, 5) is 45.8. The number of nitrogens with one attached hydrogen (secondary N) is 1. The Morgan fingerprint density at radius 1 is 0.925 bits per heavy atom. The molecule has 5 aromatic rings. The van der Waals surface area contributed by atoms with Crippen LogP contribution in [0.3, 0.4) is 0 Å². The Balaban J connectivity index is 1.28. The summed E-state index contributed by atoms with van der Waals surface area (Å²) in [5.41, 5.74) is 2.54. The van der Waals surface area contributed by atoms with Crippen molar-refractivity contribution in [1.82, 2.24) is 29.1 Å². The number of hydrogen-bond acceptors (Lipinski definition) is 7. The van der Waals surface area contributed by atoms with E-state index in [1.54, 1.807) is 52.4 Å². The van der Waals surface area contributed by atoms with E-state index < -0.39 is 28.3 Å². The van der Waals surface area contributed by atoms with Gasteiger partial charge < -0.3 is 20.2 Å². The highest BCUT2D eigenvalue weighted by atomic mass is 35.5. The van der Waals surface area contributed by atoms with Gasteiger partial charge in [0.1, 0.15) is 18.0 Å². The number of nitrogens with zero attached hydrogens (tertiary/aromatic N) is 5. The highest BCUT2D eigenvalue weighted by Gasteiger charge is 2.51. The molecule has 2 aliphatic heterocycles. The summed E-state index contributed by atoms with van der Waals surface area (Å²) < 4.78 is 29.1. The smallest absolute Gasteiger partial charge is 0.334 e. The summed E-state index contributed by atoms with van der Waals surface area (Å²) in [6.07, 6.45) is 2.30. The first-order chi connectivity index (χ1) is 25.5. The zero-order chi connectivity index (χ0) is 37.3. The van der Waals surface area contributed by atoms with Crippen molar-refractivity contribution < 1.29 is 27.9 Å². The number of phenolic OH excluding ortho intramolecular Hbond substituents is 1. The first-order valence-corrected chi connectivity index (χ1v) is 18.8. The van der Waals surface area contributed by atoms with Gasteiger partial charge in [-0.2, -0.15) is 0 Å². The van der Waals surface area contributed by atoms with Crippen molar-refractivity contribution in [2.24, 2.45) is 0 Å². The Labute approximate surface area is 312 Å². The monoisotopic (exact) mass is 752 g/mol. The normalized spacial score (nSPS) is 17.9. The number of aromatic nitrogens is 1. The van der Waals surface area contributed by atoms with E-state index in [0.717, 1.165) is 5.56 Å². The number of hydrazine groups is 1. The van der Waals surface area contributed by atoms with E-state index in [4.69, 9.17) is 11.6 Å². The van der Waals surface area contributed by atoms with Gasteiger partial charge in [-0.05, 0) is 59.2 Å². The number of amides is 4. The second kappa shape index (κ2) is 14.8. The predicted octanol–water partition coefficient (Wildman–Crippen LogP) is 4.97. The fraction of sp³-hybridized carbons (Fsp3) is 0.205. The van der Waals surface area contributed by atoms with Gasteiger partial charge in [0.2, 0.25) is 11.8 Å². The van der Waals surface area contributed by atoms with E-state index in [1.807, 2.05) is 30.3 Å². The molecule has 0 aliphatic carbocycles. The first kappa shape index (κ1) is 35.8. The van der Waals surface area contributed by atoms with Crippen molar-refractivity contribution in [1.29, 1.82) is 0 Å². The number of benzene rings is 4. The SMILES string of the molecule is C=CCN1CC(=O)N2C(Cc3ccc(O)cc3)C(=O)N(Cc3cccc4ccn(S(=O)(=O)c5ccc(Cl)cc5)c34)C[C@@H]2N1C(=O)NCc1ccccc1. The zero-order valence-corrected chi connectivity index (χ0v) is 30.2. The standard InChI is InChI=1S/C39H37ClN6O6S/c1-2-20-43-26-36(48)45-34(22-27-11-15-32(47)16-12-27)38(49)42(25-35(45)46(43)39(50)41-23-28-7-4-3-5-8-28)24-30-10-6-9-29-19-21-44(37(29)30)53(51,52)33-17-13-31(40)14-18-33/h2-19,21,34-35,47H,1,20,22-26H2,(H,41,50)/t34?,35-/m0/s1. The minimum atomic E-state index is -4.06. The lowest BCUT2D eigenvalue weighted by Gasteiger charge is -2.55. The molecule has 2 atom stereocenters. The molecule has 0 saturated carbocycles. The molecular formula is C39H37ClN6O6S. The summed E-state index contributed by atoms with van der Waals surface area (Å²) in [7, 11) is -4.06. The molecule has 272 valence electrons. The lowest BCUT2D eigenvalue weighted by atomic mass is 9.98. The van der Waals surface area contributed by atoms with E-state index in [0.29, 0.717) is 27.1 Å². The van der Waals surface area contributed by atoms with Crippen molar-refractivity contribution in [3.63, 3.8) is 0 Å². The molecule has 2 fully saturated rings. The number of carbonyl (C=O) groups excluding carboxylic acids is 3. The maximum absolute atomic E-state index is 14.6. The molecule has 3 heterocycles. The second-order valence-corrected chi connectivity index (χ2v) is 15.2. The number of halogens is 1. The fourth-order valence-corrected chi connectivity index (χ4v) is 8.56. The van der Waals surface area contributed by atoms with Crippen molar-refractivity contribution in [3.05, 3.63) is 144 Å². The fourth-order valence-electron chi connectivity index (χ4n) is 7.04. The number of fused-ring (bicyclic) bond motifs is 2. The molecule has 0 bridgehead atoms. The number of piperazine rings is 1. The molecule has 7 rings (SSSR count). The molecular weight excluding hydrogens is 716 g/mol. The molecule has 12 nitrogen and oxygen atoms in total. The van der Waals surface area contributed by atoms with Crippen LogP contribution in [0, 0.1) is 0 Å². The van der Waals surface area contributed by atoms with E-state index in [-0.39, 0.29) is 61.6 Å². The second-order valence-electron chi connectivity index (χ2n) is 12.9. The van der Waals surface area contributed by atoms with Crippen LogP contribution in [0.5, 0.6) is 5.75 Å². The van der Waals surface area contributed by atoms with Crippen LogP contribution >= 0.6 is 11.6 Å². The van der Waals surface area contributed by atoms with Crippen LogP contribution in [0.2, 0.25) is 5.02 Å². The van der Waals surface area contributed by atoms with Crippen molar-refractivity contribution >= 4 is 50.4 Å². The minimum Gasteiger partial charge on any atom is -0.508 e. The van der Waals surface area contributed by atoms with Crippen LogP contribution in [-0.4, -0.2) is 87.0 Å². The van der Waals surface area contributed by atoms with Gasteiger partial charge in [-0.15, -0.1) is 6.58 Å². The van der Waals surface area contributed by atoms with Crippen LogP contribution in [0.25, 0.3) is 10.9 Å². The van der Waals surface area contributed by atoms with Gasteiger partial charge in [-0.25, -0.2) is 27.2 Å². The third-order valence-corrected chi connectivity index (χ3v) is 11.5. The Kier molecular flexibility index (Phi) is 9.97. The average molecular weight is 753 g/mol. The molecule has 53 heavy (non-hydrogen) atoms. The quantitative estimate of drug-likeness (QED) is 0.192. The molecule has 2 N–H and O–H groups in total. The first-order valence-electron chi connectivity index (χ1n) is 17.0. The van der Waals surface area contributed by atoms with Crippen LogP contribution in [-0.2, 0) is 39.1 Å².